The fourth-order valence-corrected chi connectivity index (χ4v) is 3.73. The van der Waals surface area contributed by atoms with Gasteiger partial charge in [-0.2, -0.15) is 13.2 Å². The van der Waals surface area contributed by atoms with Gasteiger partial charge in [0, 0.05) is 11.3 Å². The van der Waals surface area contributed by atoms with Gasteiger partial charge in [0.25, 0.3) is 5.91 Å². The van der Waals surface area contributed by atoms with E-state index in [0.717, 1.165) is 53.4 Å². The average molecular weight is 456 g/mol. The van der Waals surface area contributed by atoms with Crippen molar-refractivity contribution in [3.63, 3.8) is 0 Å². The van der Waals surface area contributed by atoms with E-state index >= 15 is 0 Å². The Morgan fingerprint density at radius 1 is 1.03 bits per heavy atom. The molecule has 0 saturated carbocycles. The van der Waals surface area contributed by atoms with Gasteiger partial charge in [0.1, 0.15) is 5.82 Å². The minimum atomic E-state index is -4.45. The quantitative estimate of drug-likeness (QED) is 0.320. The minimum Gasteiger partial charge on any atom is -0.325 e. The summed E-state index contributed by atoms with van der Waals surface area (Å²) in [4.78, 5) is 24.0. The summed E-state index contributed by atoms with van der Waals surface area (Å²) in [6.45, 7) is 0. The SMILES string of the molecule is O=C(CSc1nnc(NC(=O)c2cccc(F)c2)s1)Nc1ccc(C(F)(F)F)cc1. The van der Waals surface area contributed by atoms with Crippen LogP contribution in [0.25, 0.3) is 0 Å². The highest BCUT2D eigenvalue weighted by atomic mass is 32.2. The molecule has 0 atom stereocenters. The number of thioether (sulfide) groups is 1. The molecule has 1 heterocycles. The Balaban J connectivity index is 1.50. The standard InChI is InChI=1S/C18H12F4N4O2S2/c19-12-3-1-2-10(8-12)15(28)24-16-25-26-17(30-16)29-9-14(27)23-13-6-4-11(5-7-13)18(20,21)22/h1-8H,9H2,(H,23,27)(H,24,25,28). The minimum absolute atomic E-state index is 0.0620. The van der Waals surface area contributed by atoms with Crippen LogP contribution in [-0.4, -0.2) is 27.8 Å². The molecule has 3 aromatic rings. The van der Waals surface area contributed by atoms with Crippen molar-refractivity contribution in [1.82, 2.24) is 10.2 Å². The summed E-state index contributed by atoms with van der Waals surface area (Å²) < 4.78 is 51.2. The number of hydrogen-bond acceptors (Lipinski definition) is 6. The topological polar surface area (TPSA) is 84.0 Å². The third kappa shape index (κ3) is 6.00. The van der Waals surface area contributed by atoms with Crippen LogP contribution in [-0.2, 0) is 11.0 Å². The van der Waals surface area contributed by atoms with E-state index in [1.807, 2.05) is 0 Å². The van der Waals surface area contributed by atoms with Gasteiger partial charge < -0.3 is 5.32 Å². The van der Waals surface area contributed by atoms with Crippen LogP contribution in [0.3, 0.4) is 0 Å². The third-order valence-corrected chi connectivity index (χ3v) is 5.51. The monoisotopic (exact) mass is 456 g/mol. The van der Waals surface area contributed by atoms with E-state index in [1.165, 1.54) is 18.2 Å². The van der Waals surface area contributed by atoms with Crippen molar-refractivity contribution in [1.29, 1.82) is 0 Å². The largest absolute Gasteiger partial charge is 0.416 e. The van der Waals surface area contributed by atoms with E-state index in [-0.39, 0.29) is 22.1 Å². The van der Waals surface area contributed by atoms with Crippen molar-refractivity contribution in [2.45, 2.75) is 10.5 Å². The van der Waals surface area contributed by atoms with Crippen LogP contribution < -0.4 is 10.6 Å². The number of rotatable bonds is 6. The number of hydrogen-bond donors (Lipinski definition) is 2. The molecule has 0 bridgehead atoms. The molecule has 0 saturated heterocycles. The Labute approximate surface area is 175 Å². The van der Waals surface area contributed by atoms with Gasteiger partial charge in [0.15, 0.2) is 4.34 Å². The Hall–Kier alpha value is -2.99. The molecule has 0 unspecified atom stereocenters. The molecule has 0 aliphatic heterocycles. The highest BCUT2D eigenvalue weighted by Crippen LogP contribution is 2.30. The fraction of sp³-hybridized carbons (Fsp3) is 0.111. The maximum absolute atomic E-state index is 13.2. The van der Waals surface area contributed by atoms with E-state index < -0.39 is 29.4 Å². The molecule has 3 rings (SSSR count). The molecule has 0 aliphatic carbocycles. The van der Waals surface area contributed by atoms with E-state index in [4.69, 9.17) is 0 Å². The van der Waals surface area contributed by atoms with Gasteiger partial charge in [-0.25, -0.2) is 4.39 Å². The molecular weight excluding hydrogens is 444 g/mol. The van der Waals surface area contributed by atoms with Gasteiger partial charge in [-0.3, -0.25) is 14.9 Å². The number of benzene rings is 2. The van der Waals surface area contributed by atoms with Gasteiger partial charge in [0.2, 0.25) is 11.0 Å². The average Bonchev–Trinajstić information content (AvgIpc) is 3.13. The van der Waals surface area contributed by atoms with Crippen LogP contribution in [0.4, 0.5) is 28.4 Å². The summed E-state index contributed by atoms with van der Waals surface area (Å²) in [5.41, 5.74) is -0.458. The second-order valence-electron chi connectivity index (χ2n) is 5.75. The van der Waals surface area contributed by atoms with Crippen LogP contribution in [0.5, 0.6) is 0 Å². The number of nitrogens with one attached hydrogen (secondary N) is 2. The van der Waals surface area contributed by atoms with Gasteiger partial charge in [-0.1, -0.05) is 29.2 Å². The van der Waals surface area contributed by atoms with Crippen molar-refractivity contribution >= 4 is 45.7 Å². The summed E-state index contributed by atoms with van der Waals surface area (Å²) in [6.07, 6.45) is -4.45. The maximum atomic E-state index is 13.2. The number of nitrogens with zero attached hydrogens (tertiary/aromatic N) is 2. The van der Waals surface area contributed by atoms with Crippen molar-refractivity contribution in [2.24, 2.45) is 0 Å². The third-order valence-electron chi connectivity index (χ3n) is 3.54. The zero-order valence-electron chi connectivity index (χ0n) is 14.9. The summed E-state index contributed by atoms with van der Waals surface area (Å²) in [6, 6.07) is 9.22. The molecule has 0 fully saturated rings. The van der Waals surface area contributed by atoms with Gasteiger partial charge in [-0.15, -0.1) is 10.2 Å². The molecule has 2 N–H and O–H groups in total. The zero-order chi connectivity index (χ0) is 21.7. The second kappa shape index (κ2) is 9.22. The number of carbonyl (C=O) groups is 2. The molecule has 0 radical (unpaired) electrons. The maximum Gasteiger partial charge on any atom is 0.416 e. The molecule has 1 aromatic heterocycles. The Morgan fingerprint density at radius 3 is 2.43 bits per heavy atom. The zero-order valence-corrected chi connectivity index (χ0v) is 16.5. The van der Waals surface area contributed by atoms with E-state index in [9.17, 15) is 27.2 Å². The van der Waals surface area contributed by atoms with E-state index in [2.05, 4.69) is 20.8 Å². The molecule has 2 amide bonds. The summed E-state index contributed by atoms with van der Waals surface area (Å²) in [5.74, 6) is -1.61. The lowest BCUT2D eigenvalue weighted by Gasteiger charge is -2.08. The molecule has 12 heteroatoms. The number of halogens is 4. The van der Waals surface area contributed by atoms with Gasteiger partial charge >= 0.3 is 6.18 Å². The van der Waals surface area contributed by atoms with Crippen molar-refractivity contribution in [2.75, 3.05) is 16.4 Å². The molecular formula is C18H12F4N4O2S2. The first-order valence-corrected chi connectivity index (χ1v) is 10.0. The number of anilines is 2. The fourth-order valence-electron chi connectivity index (χ4n) is 2.18. The number of amides is 2. The van der Waals surface area contributed by atoms with Crippen LogP contribution in [0.2, 0.25) is 0 Å². The molecule has 30 heavy (non-hydrogen) atoms. The first-order chi connectivity index (χ1) is 14.2. The Morgan fingerprint density at radius 2 is 1.77 bits per heavy atom. The van der Waals surface area contributed by atoms with Crippen molar-refractivity contribution < 1.29 is 27.2 Å². The number of aromatic nitrogens is 2. The van der Waals surface area contributed by atoms with E-state index in [1.54, 1.807) is 0 Å². The smallest absolute Gasteiger partial charge is 0.325 e. The first kappa shape index (κ1) is 21.7. The summed E-state index contributed by atoms with van der Waals surface area (Å²) >= 11 is 2.07. The molecule has 6 nitrogen and oxygen atoms in total. The lowest BCUT2D eigenvalue weighted by Crippen LogP contribution is -2.14. The second-order valence-corrected chi connectivity index (χ2v) is 7.95. The van der Waals surface area contributed by atoms with Crippen LogP contribution >= 0.6 is 23.1 Å². The van der Waals surface area contributed by atoms with Crippen LogP contribution in [0.15, 0.2) is 52.9 Å². The molecule has 156 valence electrons. The van der Waals surface area contributed by atoms with Crippen LogP contribution in [0, 0.1) is 5.82 Å². The molecule has 2 aromatic carbocycles. The summed E-state index contributed by atoms with van der Waals surface area (Å²) in [5, 5.41) is 12.8. The Bertz CT molecular complexity index is 1050. The van der Waals surface area contributed by atoms with Gasteiger partial charge in [-0.05, 0) is 42.5 Å². The number of alkyl halides is 3. The first-order valence-electron chi connectivity index (χ1n) is 8.21. The normalized spacial score (nSPS) is 11.2. The number of carbonyl (C=O) groups excluding carboxylic acids is 2. The van der Waals surface area contributed by atoms with Crippen LogP contribution in [0.1, 0.15) is 15.9 Å². The lowest BCUT2D eigenvalue weighted by atomic mass is 10.2. The lowest BCUT2D eigenvalue weighted by molar-refractivity contribution is -0.137. The molecule has 0 spiro atoms. The van der Waals surface area contributed by atoms with Gasteiger partial charge in [0.05, 0.1) is 11.3 Å². The predicted octanol–water partition coefficient (Wildman–Crippen LogP) is 4.68. The van der Waals surface area contributed by atoms with E-state index in [0.29, 0.717) is 4.34 Å². The molecule has 0 aliphatic rings. The summed E-state index contributed by atoms with van der Waals surface area (Å²) in [7, 11) is 0. The van der Waals surface area contributed by atoms with Crippen molar-refractivity contribution in [3.05, 3.63) is 65.5 Å². The highest BCUT2D eigenvalue weighted by molar-refractivity contribution is 8.01. The highest BCUT2D eigenvalue weighted by Gasteiger charge is 2.30. The predicted molar refractivity (Wildman–Crippen MR) is 105 cm³/mol. The Kier molecular flexibility index (Phi) is 6.67. The van der Waals surface area contributed by atoms with Crippen molar-refractivity contribution in [3.8, 4) is 0 Å².